The standard InChI is InChI=1S/C13H14Br2FN3/c1-3-19-13(11(15)7-18-19)12(17-2)9-5-4-8(16)6-10(9)14/h4-7,12,17H,3H2,1-2H3. The molecule has 1 aromatic carbocycles. The number of nitrogens with zero attached hydrogens (tertiary/aromatic N) is 2. The van der Waals surface area contributed by atoms with Crippen LogP contribution in [-0.4, -0.2) is 16.8 Å². The van der Waals surface area contributed by atoms with Gasteiger partial charge in [0.15, 0.2) is 0 Å². The number of benzene rings is 1. The number of halogens is 3. The van der Waals surface area contributed by atoms with Gasteiger partial charge in [-0.3, -0.25) is 4.68 Å². The Hall–Kier alpha value is -0.720. The number of rotatable bonds is 4. The van der Waals surface area contributed by atoms with E-state index in [1.165, 1.54) is 12.1 Å². The van der Waals surface area contributed by atoms with E-state index in [0.29, 0.717) is 0 Å². The van der Waals surface area contributed by atoms with E-state index < -0.39 is 0 Å². The second-order valence-corrected chi connectivity index (χ2v) is 5.79. The molecule has 6 heteroatoms. The van der Waals surface area contributed by atoms with Gasteiger partial charge in [-0.2, -0.15) is 5.10 Å². The van der Waals surface area contributed by atoms with Crippen molar-refractivity contribution in [3.63, 3.8) is 0 Å². The molecule has 0 spiro atoms. The third-order valence-corrected chi connectivity index (χ3v) is 4.27. The molecule has 0 aliphatic rings. The van der Waals surface area contributed by atoms with Crippen molar-refractivity contribution in [2.75, 3.05) is 7.05 Å². The van der Waals surface area contributed by atoms with Crippen LogP contribution in [0, 0.1) is 5.82 Å². The van der Waals surface area contributed by atoms with Crippen LogP contribution in [0.25, 0.3) is 0 Å². The largest absolute Gasteiger partial charge is 0.308 e. The SMILES string of the molecule is CCn1ncc(Br)c1C(NC)c1ccc(F)cc1Br. The molecule has 1 atom stereocenters. The van der Waals surface area contributed by atoms with Crippen LogP contribution >= 0.6 is 31.9 Å². The molecule has 102 valence electrons. The third-order valence-electron chi connectivity index (χ3n) is 2.97. The summed E-state index contributed by atoms with van der Waals surface area (Å²) in [7, 11) is 1.87. The molecule has 1 unspecified atom stereocenters. The lowest BCUT2D eigenvalue weighted by Crippen LogP contribution is -2.22. The topological polar surface area (TPSA) is 29.9 Å². The maximum absolute atomic E-state index is 13.2. The van der Waals surface area contributed by atoms with Gasteiger partial charge in [-0.1, -0.05) is 22.0 Å². The lowest BCUT2D eigenvalue weighted by atomic mass is 10.0. The minimum absolute atomic E-state index is 0.0631. The molecule has 0 fully saturated rings. The summed E-state index contributed by atoms with van der Waals surface area (Å²) < 4.78 is 16.8. The van der Waals surface area contributed by atoms with Gasteiger partial charge in [0.2, 0.25) is 0 Å². The molecule has 2 aromatic rings. The van der Waals surface area contributed by atoms with Crippen molar-refractivity contribution in [3.8, 4) is 0 Å². The molecule has 0 radical (unpaired) electrons. The van der Waals surface area contributed by atoms with Crippen LogP contribution in [0.1, 0.15) is 24.2 Å². The fourth-order valence-corrected chi connectivity index (χ4v) is 3.19. The van der Waals surface area contributed by atoms with E-state index in [9.17, 15) is 4.39 Å². The van der Waals surface area contributed by atoms with E-state index >= 15 is 0 Å². The van der Waals surface area contributed by atoms with Crippen molar-refractivity contribution in [1.82, 2.24) is 15.1 Å². The molecule has 0 saturated carbocycles. The fraction of sp³-hybridized carbons (Fsp3) is 0.308. The Morgan fingerprint density at radius 3 is 2.68 bits per heavy atom. The Labute approximate surface area is 128 Å². The maximum atomic E-state index is 13.2. The molecule has 2 rings (SSSR count). The Morgan fingerprint density at radius 2 is 2.11 bits per heavy atom. The van der Waals surface area contributed by atoms with E-state index in [4.69, 9.17) is 0 Å². The molecule has 0 amide bonds. The molecule has 19 heavy (non-hydrogen) atoms. The van der Waals surface area contributed by atoms with Crippen LogP contribution in [-0.2, 0) is 6.54 Å². The second kappa shape index (κ2) is 6.15. The monoisotopic (exact) mass is 389 g/mol. The van der Waals surface area contributed by atoms with Crippen LogP contribution in [0.2, 0.25) is 0 Å². The van der Waals surface area contributed by atoms with Gasteiger partial charge in [-0.15, -0.1) is 0 Å². The van der Waals surface area contributed by atoms with Gasteiger partial charge in [0.1, 0.15) is 5.82 Å². The first-order valence-electron chi connectivity index (χ1n) is 5.91. The molecule has 0 saturated heterocycles. The molecule has 1 N–H and O–H groups in total. The highest BCUT2D eigenvalue weighted by atomic mass is 79.9. The predicted octanol–water partition coefficient (Wildman–Crippen LogP) is 3.88. The van der Waals surface area contributed by atoms with E-state index in [1.54, 1.807) is 12.3 Å². The molecular weight excluding hydrogens is 377 g/mol. The summed E-state index contributed by atoms with van der Waals surface area (Å²) in [6.45, 7) is 2.81. The lowest BCUT2D eigenvalue weighted by Gasteiger charge is -2.20. The van der Waals surface area contributed by atoms with E-state index in [2.05, 4.69) is 42.3 Å². The molecule has 0 aliphatic heterocycles. The van der Waals surface area contributed by atoms with Crippen molar-refractivity contribution < 1.29 is 4.39 Å². The van der Waals surface area contributed by atoms with Crippen LogP contribution < -0.4 is 5.32 Å². The van der Waals surface area contributed by atoms with Crippen molar-refractivity contribution in [2.45, 2.75) is 19.5 Å². The third kappa shape index (κ3) is 2.90. The number of hydrogen-bond donors (Lipinski definition) is 1. The van der Waals surface area contributed by atoms with Crippen molar-refractivity contribution in [1.29, 1.82) is 0 Å². The average molecular weight is 391 g/mol. The van der Waals surface area contributed by atoms with Gasteiger partial charge in [0, 0.05) is 11.0 Å². The molecule has 1 aromatic heterocycles. The highest BCUT2D eigenvalue weighted by molar-refractivity contribution is 9.10. The van der Waals surface area contributed by atoms with Gasteiger partial charge < -0.3 is 5.32 Å². The zero-order chi connectivity index (χ0) is 14.0. The highest BCUT2D eigenvalue weighted by Gasteiger charge is 2.22. The number of nitrogens with one attached hydrogen (secondary N) is 1. The molecule has 0 aliphatic carbocycles. The number of aryl methyl sites for hydroxylation is 1. The fourth-order valence-electron chi connectivity index (χ4n) is 2.09. The van der Waals surface area contributed by atoms with Gasteiger partial charge in [0.25, 0.3) is 0 Å². The summed E-state index contributed by atoms with van der Waals surface area (Å²) in [5.41, 5.74) is 2.00. The van der Waals surface area contributed by atoms with Crippen molar-refractivity contribution >= 4 is 31.9 Å². The predicted molar refractivity (Wildman–Crippen MR) is 80.6 cm³/mol. The van der Waals surface area contributed by atoms with E-state index in [0.717, 1.165) is 26.7 Å². The Balaban J connectivity index is 2.52. The smallest absolute Gasteiger partial charge is 0.124 e. The van der Waals surface area contributed by atoms with Crippen LogP contribution in [0.4, 0.5) is 4.39 Å². The second-order valence-electron chi connectivity index (χ2n) is 4.08. The van der Waals surface area contributed by atoms with Gasteiger partial charge in [0.05, 0.1) is 22.4 Å². The van der Waals surface area contributed by atoms with Crippen molar-refractivity contribution in [2.24, 2.45) is 0 Å². The highest BCUT2D eigenvalue weighted by Crippen LogP contribution is 2.32. The number of hydrogen-bond acceptors (Lipinski definition) is 2. The molecule has 1 heterocycles. The first kappa shape index (κ1) is 14.7. The minimum atomic E-state index is -0.256. The van der Waals surface area contributed by atoms with Gasteiger partial charge in [-0.05, 0) is 47.6 Å². The van der Waals surface area contributed by atoms with Gasteiger partial charge in [-0.25, -0.2) is 4.39 Å². The summed E-state index contributed by atoms with van der Waals surface area (Å²) in [5, 5.41) is 7.57. The quantitative estimate of drug-likeness (QED) is 0.858. The molecular formula is C13H14Br2FN3. The molecule has 0 bridgehead atoms. The minimum Gasteiger partial charge on any atom is -0.308 e. The lowest BCUT2D eigenvalue weighted by molar-refractivity contribution is 0.558. The van der Waals surface area contributed by atoms with Crippen LogP contribution in [0.3, 0.4) is 0 Å². The van der Waals surface area contributed by atoms with E-state index in [-0.39, 0.29) is 11.9 Å². The summed E-state index contributed by atoms with van der Waals surface area (Å²) in [5.74, 6) is -0.256. The average Bonchev–Trinajstić information content (AvgIpc) is 2.74. The zero-order valence-electron chi connectivity index (χ0n) is 10.6. The van der Waals surface area contributed by atoms with Crippen LogP contribution in [0.5, 0.6) is 0 Å². The summed E-state index contributed by atoms with van der Waals surface area (Å²) in [6, 6.07) is 4.65. The summed E-state index contributed by atoms with van der Waals surface area (Å²) in [6.07, 6.45) is 1.78. The van der Waals surface area contributed by atoms with Crippen LogP contribution in [0.15, 0.2) is 33.3 Å². The summed E-state index contributed by atoms with van der Waals surface area (Å²) in [4.78, 5) is 0. The Bertz CT molecular complexity index is 583. The van der Waals surface area contributed by atoms with Crippen molar-refractivity contribution in [3.05, 3.63) is 50.4 Å². The maximum Gasteiger partial charge on any atom is 0.124 e. The Kier molecular flexibility index (Phi) is 4.76. The number of aromatic nitrogens is 2. The van der Waals surface area contributed by atoms with E-state index in [1.807, 2.05) is 18.7 Å². The van der Waals surface area contributed by atoms with Gasteiger partial charge >= 0.3 is 0 Å². The first-order valence-corrected chi connectivity index (χ1v) is 7.50. The normalized spacial score (nSPS) is 12.7. The zero-order valence-corrected chi connectivity index (χ0v) is 13.8. The molecule has 3 nitrogen and oxygen atoms in total. The Morgan fingerprint density at radius 1 is 1.37 bits per heavy atom. The first-order chi connectivity index (χ1) is 9.08. The summed E-state index contributed by atoms with van der Waals surface area (Å²) >= 11 is 6.94.